The smallest absolute Gasteiger partial charge is 0.334 e. The van der Waals surface area contributed by atoms with Crippen molar-refractivity contribution in [1.82, 2.24) is 10.2 Å². The second-order valence-corrected chi connectivity index (χ2v) is 10.7. The maximum absolute atomic E-state index is 13.2. The van der Waals surface area contributed by atoms with Crippen LogP contribution in [-0.2, 0) is 36.9 Å². The molecule has 0 aliphatic carbocycles. The predicted molar refractivity (Wildman–Crippen MR) is 123 cm³/mol. The van der Waals surface area contributed by atoms with E-state index in [-0.39, 0.29) is 18.9 Å². The number of nitrogens with one attached hydrogen (secondary N) is 1. The Labute approximate surface area is 203 Å². The van der Waals surface area contributed by atoms with E-state index >= 15 is 0 Å². The van der Waals surface area contributed by atoms with Gasteiger partial charge in [-0.25, -0.2) is 4.79 Å². The molecular formula is C23H23N3O8S. The van der Waals surface area contributed by atoms with Crippen LogP contribution in [0, 0.1) is 10.1 Å². The van der Waals surface area contributed by atoms with Gasteiger partial charge in [-0.3, -0.25) is 24.6 Å². The molecule has 0 spiro atoms. The fourth-order valence-corrected chi connectivity index (χ4v) is 6.02. The van der Waals surface area contributed by atoms with E-state index in [2.05, 4.69) is 5.32 Å². The maximum atomic E-state index is 13.2. The summed E-state index contributed by atoms with van der Waals surface area (Å²) in [6.07, 6.45) is 0. The summed E-state index contributed by atoms with van der Waals surface area (Å²) in [6, 6.07) is 12.1. The summed E-state index contributed by atoms with van der Waals surface area (Å²) >= 11 is -1.66. The fourth-order valence-electron chi connectivity index (χ4n) is 4.10. The normalized spacial score (nSPS) is 24.2. The number of nitro groups is 1. The van der Waals surface area contributed by atoms with Crippen LogP contribution in [0.5, 0.6) is 5.75 Å². The van der Waals surface area contributed by atoms with Crippen molar-refractivity contribution in [3.05, 3.63) is 70.3 Å². The van der Waals surface area contributed by atoms with Crippen molar-refractivity contribution in [2.45, 2.75) is 42.7 Å². The molecule has 12 heteroatoms. The number of non-ortho nitro benzene ring substituents is 1. The average Bonchev–Trinajstić information content (AvgIpc) is 3.03. The molecule has 2 amide bonds. The van der Waals surface area contributed by atoms with E-state index in [1.54, 1.807) is 44.2 Å². The third-order valence-corrected chi connectivity index (χ3v) is 8.13. The second kappa shape index (κ2) is 9.55. The maximum Gasteiger partial charge on any atom is 0.334 e. The third kappa shape index (κ3) is 4.66. The molecule has 2 aliphatic heterocycles. The number of ether oxygens (including phenoxy) is 2. The van der Waals surface area contributed by atoms with Crippen molar-refractivity contribution in [2.75, 3.05) is 6.61 Å². The number of hydrogen-bond acceptors (Lipinski definition) is 8. The Hall–Kier alpha value is -3.64. The van der Waals surface area contributed by atoms with E-state index in [0.717, 1.165) is 0 Å². The minimum absolute atomic E-state index is 0.0938. The van der Waals surface area contributed by atoms with Crippen molar-refractivity contribution in [3.63, 3.8) is 0 Å². The van der Waals surface area contributed by atoms with Crippen molar-refractivity contribution in [1.29, 1.82) is 0 Å². The molecule has 35 heavy (non-hydrogen) atoms. The van der Waals surface area contributed by atoms with Gasteiger partial charge in [-0.15, -0.1) is 0 Å². The molecular weight excluding hydrogens is 478 g/mol. The number of esters is 1. The monoisotopic (exact) mass is 501 g/mol. The van der Waals surface area contributed by atoms with Crippen LogP contribution in [0.1, 0.15) is 19.4 Å². The summed E-state index contributed by atoms with van der Waals surface area (Å²) in [5, 5.41) is 12.5. The zero-order valence-corrected chi connectivity index (χ0v) is 19.7. The highest BCUT2D eigenvalue weighted by molar-refractivity contribution is 7.94. The van der Waals surface area contributed by atoms with Crippen LogP contribution < -0.4 is 10.1 Å². The molecule has 2 aromatic carbocycles. The number of carbonyl (C=O) groups excluding carboxylic acids is 3. The SMILES string of the molecule is CC1(C)C(C(=O)OCc2ccc([N+](=O)[O-])cc2)N2C(=O)[C@@H](NC(=O)COc3ccccc3)[C@H]2[S+]1[O-]. The fraction of sp³-hybridized carbons (Fsp3) is 0.348. The van der Waals surface area contributed by atoms with Crippen LogP contribution in [0.4, 0.5) is 5.69 Å². The van der Waals surface area contributed by atoms with Crippen LogP contribution in [0.15, 0.2) is 54.6 Å². The first-order valence-corrected chi connectivity index (χ1v) is 11.9. The molecule has 4 rings (SSSR count). The van der Waals surface area contributed by atoms with Gasteiger partial charge in [0.25, 0.3) is 17.5 Å². The van der Waals surface area contributed by atoms with E-state index < -0.39 is 56.1 Å². The van der Waals surface area contributed by atoms with Crippen molar-refractivity contribution < 1.29 is 33.3 Å². The highest BCUT2D eigenvalue weighted by Crippen LogP contribution is 2.46. The lowest BCUT2D eigenvalue weighted by Gasteiger charge is -2.41. The molecule has 2 saturated heterocycles. The van der Waals surface area contributed by atoms with E-state index in [9.17, 15) is 29.1 Å². The van der Waals surface area contributed by atoms with E-state index in [1.807, 2.05) is 0 Å². The van der Waals surface area contributed by atoms with Crippen LogP contribution in [-0.4, -0.2) is 61.0 Å². The number of carbonyl (C=O) groups is 3. The lowest BCUT2D eigenvalue weighted by atomic mass is 9.96. The summed E-state index contributed by atoms with van der Waals surface area (Å²) in [5.41, 5.74) is 0.430. The van der Waals surface area contributed by atoms with Gasteiger partial charge in [0.15, 0.2) is 23.4 Å². The molecule has 11 nitrogen and oxygen atoms in total. The number of nitrogens with zero attached hydrogens (tertiary/aromatic N) is 2. The highest BCUT2D eigenvalue weighted by Gasteiger charge is 2.73. The molecule has 0 bridgehead atoms. The lowest BCUT2D eigenvalue weighted by molar-refractivity contribution is -0.384. The molecule has 2 aromatic rings. The summed E-state index contributed by atoms with van der Waals surface area (Å²) in [4.78, 5) is 49.5. The van der Waals surface area contributed by atoms with Crippen molar-refractivity contribution in [3.8, 4) is 5.75 Å². The van der Waals surface area contributed by atoms with Gasteiger partial charge in [-0.05, 0) is 54.9 Å². The number of β-lactam (4-membered cyclic amide) rings is 1. The number of amides is 2. The summed E-state index contributed by atoms with van der Waals surface area (Å²) in [6.45, 7) is 2.71. The lowest BCUT2D eigenvalue weighted by Crippen LogP contribution is -2.72. The topological polar surface area (TPSA) is 151 Å². The number of para-hydroxylation sites is 1. The summed E-state index contributed by atoms with van der Waals surface area (Å²) in [7, 11) is 0. The molecule has 4 atom stereocenters. The van der Waals surface area contributed by atoms with Crippen molar-refractivity contribution >= 4 is 34.6 Å². The predicted octanol–water partition coefficient (Wildman–Crippen LogP) is 1.28. The van der Waals surface area contributed by atoms with Crippen molar-refractivity contribution in [2.24, 2.45) is 0 Å². The zero-order valence-electron chi connectivity index (χ0n) is 18.9. The van der Waals surface area contributed by atoms with Gasteiger partial charge in [-0.2, -0.15) is 0 Å². The Bertz CT molecular complexity index is 1140. The Balaban J connectivity index is 1.38. The number of hydrogen-bond donors (Lipinski definition) is 1. The molecule has 1 N–H and O–H groups in total. The Morgan fingerprint density at radius 1 is 1.14 bits per heavy atom. The second-order valence-electron chi connectivity index (χ2n) is 8.62. The first-order valence-electron chi connectivity index (χ1n) is 10.7. The number of fused-ring (bicyclic) bond motifs is 1. The first kappa shape index (κ1) is 24.5. The molecule has 184 valence electrons. The van der Waals surface area contributed by atoms with E-state index in [0.29, 0.717) is 11.3 Å². The van der Waals surface area contributed by atoms with Gasteiger partial charge < -0.3 is 19.3 Å². The quantitative estimate of drug-likeness (QED) is 0.187. The summed E-state index contributed by atoms with van der Waals surface area (Å²) < 4.78 is 22.8. The zero-order chi connectivity index (χ0) is 25.3. The molecule has 0 saturated carbocycles. The largest absolute Gasteiger partial charge is 0.614 e. The Kier molecular flexibility index (Phi) is 6.68. The van der Waals surface area contributed by atoms with Gasteiger partial charge >= 0.3 is 5.97 Å². The number of rotatable bonds is 8. The van der Waals surface area contributed by atoms with Crippen LogP contribution in [0.2, 0.25) is 0 Å². The minimum atomic E-state index is -1.66. The highest BCUT2D eigenvalue weighted by atomic mass is 32.2. The van der Waals surface area contributed by atoms with Gasteiger partial charge in [0, 0.05) is 12.1 Å². The van der Waals surface area contributed by atoms with Gasteiger partial charge in [-0.1, -0.05) is 18.2 Å². The van der Waals surface area contributed by atoms with Gasteiger partial charge in [0.2, 0.25) is 5.37 Å². The van der Waals surface area contributed by atoms with Crippen LogP contribution >= 0.6 is 0 Å². The third-order valence-electron chi connectivity index (χ3n) is 5.94. The average molecular weight is 502 g/mol. The molecule has 2 fully saturated rings. The number of nitro benzene ring substituents is 1. The first-order chi connectivity index (χ1) is 16.6. The molecule has 2 aliphatic rings. The Morgan fingerprint density at radius 3 is 2.43 bits per heavy atom. The standard InChI is InChI=1S/C23H23N3O8S/c1-23(2)19(22(29)34-12-14-8-10-15(11-9-14)26(30)31)25-20(28)18(21(25)35(23)32)24-17(27)13-33-16-6-4-3-5-7-16/h3-11,18-19,21H,12-13H2,1-2H3,(H,24,27)/t18-,19?,21-,35?/m1/s1. The van der Waals surface area contributed by atoms with Crippen LogP contribution in [0.25, 0.3) is 0 Å². The van der Waals surface area contributed by atoms with Crippen LogP contribution in [0.3, 0.4) is 0 Å². The van der Waals surface area contributed by atoms with Gasteiger partial charge in [0.1, 0.15) is 12.4 Å². The Morgan fingerprint density at radius 2 is 1.80 bits per heavy atom. The molecule has 0 aromatic heterocycles. The van der Waals surface area contributed by atoms with E-state index in [1.165, 1.54) is 29.2 Å². The molecule has 2 heterocycles. The van der Waals surface area contributed by atoms with E-state index in [4.69, 9.17) is 9.47 Å². The number of benzene rings is 2. The molecule has 2 unspecified atom stereocenters. The molecule has 0 radical (unpaired) electrons. The summed E-state index contributed by atoms with van der Waals surface area (Å²) in [5.74, 6) is -1.33. The van der Waals surface area contributed by atoms with Gasteiger partial charge in [0.05, 0.1) is 4.92 Å². The minimum Gasteiger partial charge on any atom is -0.614 e.